The second-order valence-corrected chi connectivity index (χ2v) is 5.42. The number of hydrogen-bond acceptors (Lipinski definition) is 4. The quantitative estimate of drug-likeness (QED) is 0.679. The van der Waals surface area contributed by atoms with E-state index in [1.54, 1.807) is 7.05 Å². The lowest BCUT2D eigenvalue weighted by molar-refractivity contribution is -0.147. The summed E-state index contributed by atoms with van der Waals surface area (Å²) >= 11 is 0. The molecule has 6 nitrogen and oxygen atoms in total. The molecule has 0 bridgehead atoms. The third kappa shape index (κ3) is 3.12. The zero-order valence-corrected chi connectivity index (χ0v) is 11.1. The Bertz CT molecular complexity index is 388. The smallest absolute Gasteiger partial charge is 0.249 e. The van der Waals surface area contributed by atoms with Crippen LogP contribution in [0.4, 0.5) is 0 Å². The number of nitrogens with one attached hydrogen (secondary N) is 1. The molecule has 2 N–H and O–H groups in total. The van der Waals surface area contributed by atoms with Crippen molar-refractivity contribution in [3.63, 3.8) is 0 Å². The van der Waals surface area contributed by atoms with Gasteiger partial charge in [0.25, 0.3) is 0 Å². The van der Waals surface area contributed by atoms with Crippen LogP contribution >= 0.6 is 0 Å². The van der Waals surface area contributed by atoms with Gasteiger partial charge in [-0.3, -0.25) is 19.7 Å². The van der Waals surface area contributed by atoms with Gasteiger partial charge in [0.2, 0.25) is 17.7 Å². The lowest BCUT2D eigenvalue weighted by atomic mass is 9.86. The van der Waals surface area contributed by atoms with Crippen LogP contribution < -0.4 is 5.32 Å². The predicted octanol–water partition coefficient (Wildman–Crippen LogP) is -0.199. The SMILES string of the molecule is CN(C(=O)C1CCC(O)CC1)C1CCC(=O)NC1=O. The number of hydrogen-bond donors (Lipinski definition) is 2. The predicted molar refractivity (Wildman–Crippen MR) is 66.9 cm³/mol. The normalized spacial score (nSPS) is 31.8. The Morgan fingerprint density at radius 1 is 1.21 bits per heavy atom. The maximum absolute atomic E-state index is 12.3. The molecule has 1 aliphatic carbocycles. The highest BCUT2D eigenvalue weighted by Gasteiger charge is 2.35. The molecule has 0 aromatic carbocycles. The summed E-state index contributed by atoms with van der Waals surface area (Å²) in [6.07, 6.45) is 2.97. The van der Waals surface area contributed by atoms with Gasteiger partial charge >= 0.3 is 0 Å². The molecule has 1 unspecified atom stereocenters. The van der Waals surface area contributed by atoms with E-state index < -0.39 is 6.04 Å². The number of carbonyl (C=O) groups is 3. The third-order valence-electron chi connectivity index (χ3n) is 4.07. The highest BCUT2D eigenvalue weighted by molar-refractivity contribution is 6.01. The molecular weight excluding hydrogens is 248 g/mol. The summed E-state index contributed by atoms with van der Waals surface area (Å²) < 4.78 is 0. The molecule has 106 valence electrons. The Balaban J connectivity index is 1.95. The second kappa shape index (κ2) is 5.69. The van der Waals surface area contributed by atoms with Gasteiger partial charge in [-0.2, -0.15) is 0 Å². The fourth-order valence-corrected chi connectivity index (χ4v) is 2.82. The minimum Gasteiger partial charge on any atom is -0.393 e. The van der Waals surface area contributed by atoms with Crippen LogP contribution in [0.15, 0.2) is 0 Å². The van der Waals surface area contributed by atoms with Crippen molar-refractivity contribution in [2.24, 2.45) is 5.92 Å². The minimum absolute atomic E-state index is 0.0543. The molecule has 1 heterocycles. The van der Waals surface area contributed by atoms with Crippen LogP contribution in [0.1, 0.15) is 38.5 Å². The van der Waals surface area contributed by atoms with Crippen LogP contribution in [0.2, 0.25) is 0 Å². The van der Waals surface area contributed by atoms with Gasteiger partial charge in [0.05, 0.1) is 6.10 Å². The Kier molecular flexibility index (Phi) is 4.19. The molecule has 1 saturated carbocycles. The van der Waals surface area contributed by atoms with Crippen LogP contribution in [0, 0.1) is 5.92 Å². The van der Waals surface area contributed by atoms with Crippen molar-refractivity contribution in [3.8, 4) is 0 Å². The summed E-state index contributed by atoms with van der Waals surface area (Å²) in [5.74, 6) is -0.828. The first-order chi connectivity index (χ1) is 8.99. The Labute approximate surface area is 112 Å². The lowest BCUT2D eigenvalue weighted by Crippen LogP contribution is -2.54. The van der Waals surface area contributed by atoms with E-state index in [2.05, 4.69) is 5.32 Å². The van der Waals surface area contributed by atoms with E-state index in [0.29, 0.717) is 32.1 Å². The maximum atomic E-state index is 12.3. The van der Waals surface area contributed by atoms with Crippen molar-refractivity contribution in [1.29, 1.82) is 0 Å². The first-order valence-corrected chi connectivity index (χ1v) is 6.77. The minimum atomic E-state index is -0.544. The van der Waals surface area contributed by atoms with Gasteiger partial charge in [-0.05, 0) is 32.1 Å². The van der Waals surface area contributed by atoms with Crippen LogP contribution in [0.3, 0.4) is 0 Å². The van der Waals surface area contributed by atoms with Gasteiger partial charge < -0.3 is 10.0 Å². The molecule has 19 heavy (non-hydrogen) atoms. The Morgan fingerprint density at radius 3 is 2.42 bits per heavy atom. The van der Waals surface area contributed by atoms with Crippen LogP contribution in [0.5, 0.6) is 0 Å². The zero-order chi connectivity index (χ0) is 14.0. The number of piperidine rings is 1. The number of imide groups is 1. The summed E-state index contributed by atoms with van der Waals surface area (Å²) in [6, 6.07) is -0.544. The fraction of sp³-hybridized carbons (Fsp3) is 0.769. The molecule has 2 fully saturated rings. The number of nitrogens with zero attached hydrogens (tertiary/aromatic N) is 1. The first-order valence-electron chi connectivity index (χ1n) is 6.77. The van der Waals surface area contributed by atoms with Gasteiger partial charge in [-0.1, -0.05) is 0 Å². The molecule has 1 atom stereocenters. The number of aliphatic hydroxyl groups excluding tert-OH is 1. The van der Waals surface area contributed by atoms with E-state index in [-0.39, 0.29) is 36.2 Å². The molecule has 0 aromatic heterocycles. The second-order valence-electron chi connectivity index (χ2n) is 5.42. The number of rotatable bonds is 2. The van der Waals surface area contributed by atoms with Gasteiger partial charge in [0, 0.05) is 19.4 Å². The molecule has 1 aliphatic heterocycles. The third-order valence-corrected chi connectivity index (χ3v) is 4.07. The summed E-state index contributed by atoms with van der Waals surface area (Å²) in [5, 5.41) is 11.7. The Hall–Kier alpha value is -1.43. The topological polar surface area (TPSA) is 86.7 Å². The summed E-state index contributed by atoms with van der Waals surface area (Å²) in [6.45, 7) is 0. The summed E-state index contributed by atoms with van der Waals surface area (Å²) in [4.78, 5) is 36.6. The molecule has 0 spiro atoms. The average molecular weight is 268 g/mol. The van der Waals surface area contributed by atoms with E-state index >= 15 is 0 Å². The molecule has 2 aliphatic rings. The first kappa shape index (κ1) is 14.0. The molecule has 3 amide bonds. The molecular formula is C13H20N2O4. The van der Waals surface area contributed by atoms with Crippen LogP contribution in [-0.2, 0) is 14.4 Å². The van der Waals surface area contributed by atoms with Gasteiger partial charge in [0.15, 0.2) is 0 Å². The van der Waals surface area contributed by atoms with E-state index in [0.717, 1.165) is 0 Å². The maximum Gasteiger partial charge on any atom is 0.249 e. The summed E-state index contributed by atoms with van der Waals surface area (Å²) in [7, 11) is 1.62. The van der Waals surface area contributed by atoms with E-state index in [4.69, 9.17) is 0 Å². The van der Waals surface area contributed by atoms with Crippen molar-refractivity contribution < 1.29 is 19.5 Å². The van der Waals surface area contributed by atoms with Gasteiger partial charge in [-0.15, -0.1) is 0 Å². The van der Waals surface area contributed by atoms with E-state index in [1.807, 2.05) is 0 Å². The Morgan fingerprint density at radius 2 is 1.84 bits per heavy atom. The number of amides is 3. The lowest BCUT2D eigenvalue weighted by Gasteiger charge is -2.34. The largest absolute Gasteiger partial charge is 0.393 e. The van der Waals surface area contributed by atoms with Crippen LogP contribution in [-0.4, -0.2) is 46.9 Å². The number of carbonyl (C=O) groups excluding carboxylic acids is 3. The van der Waals surface area contributed by atoms with Crippen LogP contribution in [0.25, 0.3) is 0 Å². The average Bonchev–Trinajstić information content (AvgIpc) is 2.38. The van der Waals surface area contributed by atoms with Crippen molar-refractivity contribution in [3.05, 3.63) is 0 Å². The molecule has 1 saturated heterocycles. The van der Waals surface area contributed by atoms with Gasteiger partial charge in [-0.25, -0.2) is 0 Å². The summed E-state index contributed by atoms with van der Waals surface area (Å²) in [5.41, 5.74) is 0. The van der Waals surface area contributed by atoms with Crippen molar-refractivity contribution in [1.82, 2.24) is 10.2 Å². The van der Waals surface area contributed by atoms with Crippen molar-refractivity contribution >= 4 is 17.7 Å². The van der Waals surface area contributed by atoms with Crippen molar-refractivity contribution in [2.75, 3.05) is 7.05 Å². The van der Waals surface area contributed by atoms with Crippen molar-refractivity contribution in [2.45, 2.75) is 50.7 Å². The number of likely N-dealkylation sites (N-methyl/N-ethyl adjacent to an activating group) is 1. The standard InChI is InChI=1S/C13H20N2O4/c1-15(10-6-7-11(17)14-12(10)18)13(19)8-2-4-9(16)5-3-8/h8-10,16H,2-7H2,1H3,(H,14,17,18). The van der Waals surface area contributed by atoms with E-state index in [1.165, 1.54) is 4.90 Å². The zero-order valence-electron chi connectivity index (χ0n) is 11.1. The molecule has 2 rings (SSSR count). The highest BCUT2D eigenvalue weighted by atomic mass is 16.3. The molecule has 0 radical (unpaired) electrons. The molecule has 0 aromatic rings. The monoisotopic (exact) mass is 268 g/mol. The fourth-order valence-electron chi connectivity index (χ4n) is 2.82. The van der Waals surface area contributed by atoms with E-state index in [9.17, 15) is 19.5 Å². The molecule has 6 heteroatoms. The number of aliphatic hydroxyl groups is 1. The highest BCUT2D eigenvalue weighted by Crippen LogP contribution is 2.26. The van der Waals surface area contributed by atoms with Gasteiger partial charge in [0.1, 0.15) is 6.04 Å².